The number of para-hydroxylation sites is 2. The number of hydrogen-bond acceptors (Lipinski definition) is 4. The quantitative estimate of drug-likeness (QED) is 0.285. The summed E-state index contributed by atoms with van der Waals surface area (Å²) < 4.78 is 22.1. The molecule has 0 aliphatic carbocycles. The first kappa shape index (κ1) is 23.7. The number of aromatic nitrogens is 2. The van der Waals surface area contributed by atoms with Gasteiger partial charge in [-0.1, -0.05) is 30.3 Å². The lowest BCUT2D eigenvalue weighted by molar-refractivity contribution is 0.0600. The number of halogens is 1. The van der Waals surface area contributed by atoms with Crippen molar-refractivity contribution in [3.05, 3.63) is 113 Å². The van der Waals surface area contributed by atoms with Gasteiger partial charge in [0.2, 0.25) is 0 Å². The van der Waals surface area contributed by atoms with E-state index in [0.29, 0.717) is 22.1 Å². The molecule has 2 aromatic heterocycles. The van der Waals surface area contributed by atoms with E-state index in [1.165, 1.54) is 13.2 Å². The molecular weight excluding hydrogens is 475 g/mol. The number of benzene rings is 2. The van der Waals surface area contributed by atoms with Gasteiger partial charge < -0.3 is 19.5 Å². The predicted octanol–water partition coefficient (Wildman–Crippen LogP) is 5.59. The molecule has 182 valence electrons. The van der Waals surface area contributed by atoms with Crippen LogP contribution in [0.15, 0.2) is 79.0 Å². The molecule has 0 bridgehead atoms. The molecule has 0 spiro atoms. The standard InChI is InChI=1S/C28H25FN4O2S/c1-17-16-20(18(2)32(17)23-13-6-4-10-19(23)27(34)35-3)26-25(22-12-8-9-15-30-22)31-28(36)33(26)24-14-7-5-11-21(24)29/h4-16,25-26H,1-3H3,(H,31,36)/t25-,26+/m1/s1. The van der Waals surface area contributed by atoms with E-state index in [1.807, 2.05) is 53.6 Å². The van der Waals surface area contributed by atoms with Gasteiger partial charge in [-0.15, -0.1) is 0 Å². The van der Waals surface area contributed by atoms with Crippen LogP contribution in [0.1, 0.15) is 45.1 Å². The Morgan fingerprint density at radius 1 is 1.03 bits per heavy atom. The van der Waals surface area contributed by atoms with E-state index >= 15 is 4.39 Å². The summed E-state index contributed by atoms with van der Waals surface area (Å²) in [5.41, 5.74) is 5.12. The molecule has 0 saturated carbocycles. The highest BCUT2D eigenvalue weighted by Gasteiger charge is 2.43. The Balaban J connectivity index is 1.71. The number of carbonyl (C=O) groups is 1. The van der Waals surface area contributed by atoms with Crippen LogP contribution in [0.25, 0.3) is 5.69 Å². The van der Waals surface area contributed by atoms with Gasteiger partial charge in [0, 0.05) is 17.6 Å². The monoisotopic (exact) mass is 500 g/mol. The van der Waals surface area contributed by atoms with E-state index in [0.717, 1.165) is 22.6 Å². The van der Waals surface area contributed by atoms with Crippen LogP contribution in [0.3, 0.4) is 0 Å². The van der Waals surface area contributed by atoms with Gasteiger partial charge in [-0.05, 0) is 74.1 Å². The minimum atomic E-state index is -0.414. The molecule has 1 saturated heterocycles. The topological polar surface area (TPSA) is 59.4 Å². The molecule has 6 nitrogen and oxygen atoms in total. The van der Waals surface area contributed by atoms with Crippen molar-refractivity contribution in [3.63, 3.8) is 0 Å². The third-order valence-electron chi connectivity index (χ3n) is 6.55. The SMILES string of the molecule is COC(=O)c1ccccc1-n1c(C)cc([C@H]2[C@@H](c3ccccn3)NC(=S)N2c2ccccc2F)c1C. The Kier molecular flexibility index (Phi) is 6.28. The van der Waals surface area contributed by atoms with Crippen LogP contribution >= 0.6 is 12.2 Å². The summed E-state index contributed by atoms with van der Waals surface area (Å²) in [7, 11) is 1.37. The number of thiocarbonyl (C=S) groups is 1. The number of pyridine rings is 1. The second-order valence-corrected chi connectivity index (χ2v) is 9.01. The number of esters is 1. The largest absolute Gasteiger partial charge is 0.465 e. The van der Waals surface area contributed by atoms with Crippen molar-refractivity contribution in [1.29, 1.82) is 0 Å². The Morgan fingerprint density at radius 2 is 1.72 bits per heavy atom. The molecule has 3 heterocycles. The number of methoxy groups -OCH3 is 1. The van der Waals surface area contributed by atoms with E-state index in [4.69, 9.17) is 17.0 Å². The van der Waals surface area contributed by atoms with Crippen molar-refractivity contribution < 1.29 is 13.9 Å². The van der Waals surface area contributed by atoms with Crippen LogP contribution in [-0.2, 0) is 4.74 Å². The van der Waals surface area contributed by atoms with Crippen LogP contribution in [0.5, 0.6) is 0 Å². The summed E-state index contributed by atoms with van der Waals surface area (Å²) in [6.07, 6.45) is 1.73. The van der Waals surface area contributed by atoms with Crippen LogP contribution < -0.4 is 10.2 Å². The maximum atomic E-state index is 15.1. The number of ether oxygens (including phenoxy) is 1. The van der Waals surface area contributed by atoms with Gasteiger partial charge in [0.1, 0.15) is 5.82 Å². The summed E-state index contributed by atoms with van der Waals surface area (Å²) in [5.74, 6) is -0.777. The number of anilines is 1. The molecule has 1 fully saturated rings. The van der Waals surface area contributed by atoms with Gasteiger partial charge >= 0.3 is 5.97 Å². The molecule has 36 heavy (non-hydrogen) atoms. The molecule has 0 unspecified atom stereocenters. The van der Waals surface area contributed by atoms with Crippen molar-refractivity contribution in [1.82, 2.24) is 14.9 Å². The van der Waals surface area contributed by atoms with E-state index in [2.05, 4.69) is 16.4 Å². The number of nitrogens with one attached hydrogen (secondary N) is 1. The first-order valence-corrected chi connectivity index (χ1v) is 11.9. The number of hydrogen-bond donors (Lipinski definition) is 1. The lowest BCUT2D eigenvalue weighted by Gasteiger charge is -2.28. The van der Waals surface area contributed by atoms with Gasteiger partial charge in [-0.25, -0.2) is 9.18 Å². The highest BCUT2D eigenvalue weighted by atomic mass is 32.1. The number of carbonyl (C=O) groups excluding carboxylic acids is 1. The smallest absolute Gasteiger partial charge is 0.339 e. The molecular formula is C28H25FN4O2S. The molecule has 5 rings (SSSR count). The van der Waals surface area contributed by atoms with Gasteiger partial charge in [-0.2, -0.15) is 0 Å². The molecule has 2 aromatic carbocycles. The first-order chi connectivity index (χ1) is 17.4. The van der Waals surface area contributed by atoms with Gasteiger partial charge in [0.25, 0.3) is 0 Å². The third kappa shape index (κ3) is 3.93. The summed E-state index contributed by atoms with van der Waals surface area (Å²) in [5, 5.41) is 3.79. The Hall–Kier alpha value is -4.04. The fourth-order valence-electron chi connectivity index (χ4n) is 4.99. The second-order valence-electron chi connectivity index (χ2n) is 8.62. The Labute approximate surface area is 214 Å². The zero-order chi connectivity index (χ0) is 25.4. The number of nitrogens with zero attached hydrogens (tertiary/aromatic N) is 3. The summed E-state index contributed by atoms with van der Waals surface area (Å²) in [6.45, 7) is 3.97. The van der Waals surface area contributed by atoms with E-state index in [1.54, 1.807) is 36.5 Å². The average molecular weight is 501 g/mol. The highest BCUT2D eigenvalue weighted by molar-refractivity contribution is 7.80. The van der Waals surface area contributed by atoms with E-state index in [9.17, 15) is 4.79 Å². The molecule has 4 aromatic rings. The van der Waals surface area contributed by atoms with Crippen molar-refractivity contribution in [3.8, 4) is 5.69 Å². The first-order valence-electron chi connectivity index (χ1n) is 11.5. The normalized spacial score (nSPS) is 17.2. The Bertz CT molecular complexity index is 1450. The third-order valence-corrected chi connectivity index (χ3v) is 6.86. The zero-order valence-electron chi connectivity index (χ0n) is 20.1. The van der Waals surface area contributed by atoms with Crippen molar-refractivity contribution in [2.75, 3.05) is 12.0 Å². The van der Waals surface area contributed by atoms with Gasteiger partial charge in [0.15, 0.2) is 5.11 Å². The minimum Gasteiger partial charge on any atom is -0.465 e. The predicted molar refractivity (Wildman–Crippen MR) is 141 cm³/mol. The number of rotatable bonds is 5. The highest BCUT2D eigenvalue weighted by Crippen LogP contribution is 2.44. The molecule has 1 aliphatic heterocycles. The molecule has 0 radical (unpaired) electrons. The Morgan fingerprint density at radius 3 is 2.42 bits per heavy atom. The lowest BCUT2D eigenvalue weighted by Crippen LogP contribution is -2.30. The maximum Gasteiger partial charge on any atom is 0.339 e. The second kappa shape index (κ2) is 9.54. The van der Waals surface area contributed by atoms with Gasteiger partial charge in [0.05, 0.1) is 41.8 Å². The average Bonchev–Trinajstić information content (AvgIpc) is 3.39. The summed E-state index contributed by atoms with van der Waals surface area (Å²) in [4.78, 5) is 18.9. The maximum absolute atomic E-state index is 15.1. The molecule has 2 atom stereocenters. The van der Waals surface area contributed by atoms with Crippen LogP contribution in [0.4, 0.5) is 10.1 Å². The van der Waals surface area contributed by atoms with Crippen molar-refractivity contribution in [2.45, 2.75) is 25.9 Å². The van der Waals surface area contributed by atoms with Crippen LogP contribution in [0, 0.1) is 19.7 Å². The lowest BCUT2D eigenvalue weighted by atomic mass is 9.96. The molecule has 1 N–H and O–H groups in total. The fraction of sp³-hybridized carbons (Fsp3) is 0.179. The van der Waals surface area contributed by atoms with Crippen molar-refractivity contribution >= 4 is 29.0 Å². The minimum absolute atomic E-state index is 0.317. The summed E-state index contributed by atoms with van der Waals surface area (Å²) in [6, 6.07) is 21.0. The molecule has 0 amide bonds. The fourth-order valence-corrected chi connectivity index (χ4v) is 5.33. The van der Waals surface area contributed by atoms with E-state index in [-0.39, 0.29) is 17.9 Å². The number of aryl methyl sites for hydroxylation is 1. The van der Waals surface area contributed by atoms with E-state index < -0.39 is 5.97 Å². The van der Waals surface area contributed by atoms with Crippen LogP contribution in [0.2, 0.25) is 0 Å². The van der Waals surface area contributed by atoms with Crippen molar-refractivity contribution in [2.24, 2.45) is 0 Å². The molecule has 1 aliphatic rings. The summed E-state index contributed by atoms with van der Waals surface area (Å²) >= 11 is 5.74. The van der Waals surface area contributed by atoms with Crippen LogP contribution in [-0.4, -0.2) is 27.7 Å². The molecule has 8 heteroatoms. The zero-order valence-corrected chi connectivity index (χ0v) is 20.9. The van der Waals surface area contributed by atoms with Gasteiger partial charge in [-0.3, -0.25) is 4.98 Å².